The van der Waals surface area contributed by atoms with E-state index in [-0.39, 0.29) is 6.04 Å². The first-order valence-electron chi connectivity index (χ1n) is 5.26. The Labute approximate surface area is 89.3 Å². The normalized spacial score (nSPS) is 13.2. The SMILES string of the molecule is CCNC(CN)c1coc2ccccc12. The minimum absolute atomic E-state index is 0.179. The van der Waals surface area contributed by atoms with E-state index in [1.54, 1.807) is 6.26 Å². The maximum Gasteiger partial charge on any atom is 0.134 e. The molecule has 1 atom stereocenters. The monoisotopic (exact) mass is 204 g/mol. The van der Waals surface area contributed by atoms with Gasteiger partial charge in [-0.2, -0.15) is 0 Å². The molecule has 15 heavy (non-hydrogen) atoms. The molecule has 2 rings (SSSR count). The number of benzene rings is 1. The number of furan rings is 1. The van der Waals surface area contributed by atoms with Gasteiger partial charge in [-0.1, -0.05) is 25.1 Å². The quantitative estimate of drug-likeness (QED) is 0.801. The van der Waals surface area contributed by atoms with Crippen LogP contribution in [0, 0.1) is 0 Å². The van der Waals surface area contributed by atoms with Crippen molar-refractivity contribution in [3.63, 3.8) is 0 Å². The third-order valence-electron chi connectivity index (χ3n) is 2.57. The Hall–Kier alpha value is -1.32. The number of nitrogens with two attached hydrogens (primary N) is 1. The molecule has 3 N–H and O–H groups in total. The molecule has 0 aliphatic rings. The summed E-state index contributed by atoms with van der Waals surface area (Å²) < 4.78 is 5.48. The zero-order valence-corrected chi connectivity index (χ0v) is 8.86. The van der Waals surface area contributed by atoms with Crippen LogP contribution in [0.15, 0.2) is 34.9 Å². The van der Waals surface area contributed by atoms with E-state index in [2.05, 4.69) is 18.3 Å². The average Bonchev–Trinajstić information content (AvgIpc) is 2.70. The molecule has 0 bridgehead atoms. The molecule has 0 aliphatic carbocycles. The highest BCUT2D eigenvalue weighted by Crippen LogP contribution is 2.25. The van der Waals surface area contributed by atoms with Crippen LogP contribution in [0.3, 0.4) is 0 Å². The smallest absolute Gasteiger partial charge is 0.134 e. The van der Waals surface area contributed by atoms with Crippen molar-refractivity contribution in [3.8, 4) is 0 Å². The Morgan fingerprint density at radius 3 is 2.93 bits per heavy atom. The van der Waals surface area contributed by atoms with Crippen LogP contribution in [-0.4, -0.2) is 13.1 Å². The minimum atomic E-state index is 0.179. The van der Waals surface area contributed by atoms with Gasteiger partial charge in [-0.05, 0) is 12.6 Å². The van der Waals surface area contributed by atoms with Crippen LogP contribution >= 0.6 is 0 Å². The largest absolute Gasteiger partial charge is 0.464 e. The predicted octanol–water partition coefficient (Wildman–Crippen LogP) is 2.04. The molecule has 3 nitrogen and oxygen atoms in total. The van der Waals surface area contributed by atoms with Crippen molar-refractivity contribution >= 4 is 11.0 Å². The lowest BCUT2D eigenvalue weighted by Gasteiger charge is -2.13. The van der Waals surface area contributed by atoms with Crippen LogP contribution in [0.2, 0.25) is 0 Å². The fourth-order valence-electron chi connectivity index (χ4n) is 1.83. The number of rotatable bonds is 4. The maximum absolute atomic E-state index is 5.74. The molecule has 80 valence electrons. The summed E-state index contributed by atoms with van der Waals surface area (Å²) in [6.07, 6.45) is 1.80. The number of nitrogens with one attached hydrogen (secondary N) is 1. The van der Waals surface area contributed by atoms with Crippen LogP contribution in [0.1, 0.15) is 18.5 Å². The van der Waals surface area contributed by atoms with E-state index in [4.69, 9.17) is 10.2 Å². The standard InChI is InChI=1S/C12H16N2O/c1-2-14-11(7-13)10-8-15-12-6-4-3-5-9(10)12/h3-6,8,11,14H,2,7,13H2,1H3. The number of para-hydroxylation sites is 1. The van der Waals surface area contributed by atoms with Crippen molar-refractivity contribution in [2.24, 2.45) is 5.73 Å². The molecule has 0 saturated carbocycles. The number of fused-ring (bicyclic) bond motifs is 1. The highest BCUT2D eigenvalue weighted by Gasteiger charge is 2.13. The summed E-state index contributed by atoms with van der Waals surface area (Å²) in [7, 11) is 0. The Balaban J connectivity index is 2.41. The first kappa shape index (κ1) is 10.2. The maximum atomic E-state index is 5.74. The summed E-state index contributed by atoms with van der Waals surface area (Å²) in [6.45, 7) is 3.56. The zero-order chi connectivity index (χ0) is 10.7. The summed E-state index contributed by atoms with van der Waals surface area (Å²) in [4.78, 5) is 0. The second-order valence-corrected chi connectivity index (χ2v) is 3.53. The second-order valence-electron chi connectivity index (χ2n) is 3.53. The predicted molar refractivity (Wildman–Crippen MR) is 61.7 cm³/mol. The third kappa shape index (κ3) is 1.89. The molecule has 1 unspecified atom stereocenters. The van der Waals surface area contributed by atoms with E-state index in [1.165, 1.54) is 0 Å². The number of likely N-dealkylation sites (N-methyl/N-ethyl adjacent to an activating group) is 1. The summed E-state index contributed by atoms with van der Waals surface area (Å²) in [6, 6.07) is 8.20. The fraction of sp³-hybridized carbons (Fsp3) is 0.333. The molecule has 1 heterocycles. The van der Waals surface area contributed by atoms with Gasteiger partial charge in [-0.3, -0.25) is 0 Å². The molecule has 2 aromatic rings. The van der Waals surface area contributed by atoms with E-state index < -0.39 is 0 Å². The van der Waals surface area contributed by atoms with Gasteiger partial charge < -0.3 is 15.5 Å². The van der Waals surface area contributed by atoms with Gasteiger partial charge in [-0.25, -0.2) is 0 Å². The third-order valence-corrected chi connectivity index (χ3v) is 2.57. The van der Waals surface area contributed by atoms with Crippen molar-refractivity contribution in [3.05, 3.63) is 36.1 Å². The molecule has 0 spiro atoms. The van der Waals surface area contributed by atoms with Crippen molar-refractivity contribution in [2.75, 3.05) is 13.1 Å². The first-order chi connectivity index (χ1) is 7.36. The van der Waals surface area contributed by atoms with E-state index in [0.717, 1.165) is 23.1 Å². The number of hydrogen-bond acceptors (Lipinski definition) is 3. The van der Waals surface area contributed by atoms with E-state index >= 15 is 0 Å². The minimum Gasteiger partial charge on any atom is -0.464 e. The molecule has 0 aliphatic heterocycles. The van der Waals surface area contributed by atoms with Crippen molar-refractivity contribution < 1.29 is 4.42 Å². The van der Waals surface area contributed by atoms with Gasteiger partial charge in [0.1, 0.15) is 5.58 Å². The van der Waals surface area contributed by atoms with E-state index in [0.29, 0.717) is 6.54 Å². The van der Waals surface area contributed by atoms with E-state index in [9.17, 15) is 0 Å². The zero-order valence-electron chi connectivity index (χ0n) is 8.86. The van der Waals surface area contributed by atoms with Gasteiger partial charge in [0.15, 0.2) is 0 Å². The molecule has 0 amide bonds. The molecule has 1 aromatic heterocycles. The van der Waals surface area contributed by atoms with Crippen LogP contribution in [-0.2, 0) is 0 Å². The highest BCUT2D eigenvalue weighted by molar-refractivity contribution is 5.81. The van der Waals surface area contributed by atoms with Gasteiger partial charge in [-0.15, -0.1) is 0 Å². The fourth-order valence-corrected chi connectivity index (χ4v) is 1.83. The van der Waals surface area contributed by atoms with E-state index in [1.807, 2.05) is 18.2 Å². The molecular formula is C12H16N2O. The van der Waals surface area contributed by atoms with Crippen molar-refractivity contribution in [2.45, 2.75) is 13.0 Å². The van der Waals surface area contributed by atoms with Gasteiger partial charge in [0.05, 0.1) is 6.26 Å². The van der Waals surface area contributed by atoms with Crippen LogP contribution in [0.25, 0.3) is 11.0 Å². The molecule has 0 saturated heterocycles. The average molecular weight is 204 g/mol. The van der Waals surface area contributed by atoms with Gasteiger partial charge in [0.25, 0.3) is 0 Å². The van der Waals surface area contributed by atoms with Gasteiger partial charge in [0.2, 0.25) is 0 Å². The van der Waals surface area contributed by atoms with Gasteiger partial charge >= 0.3 is 0 Å². The molecule has 3 heteroatoms. The number of hydrogen-bond donors (Lipinski definition) is 2. The van der Waals surface area contributed by atoms with Crippen molar-refractivity contribution in [1.82, 2.24) is 5.32 Å². The highest BCUT2D eigenvalue weighted by atomic mass is 16.3. The lowest BCUT2D eigenvalue weighted by Crippen LogP contribution is -2.27. The summed E-state index contributed by atoms with van der Waals surface area (Å²) in [5, 5.41) is 4.49. The lowest BCUT2D eigenvalue weighted by molar-refractivity contribution is 0.545. The summed E-state index contributed by atoms with van der Waals surface area (Å²) >= 11 is 0. The van der Waals surface area contributed by atoms with Crippen LogP contribution in [0.4, 0.5) is 0 Å². The molecule has 0 radical (unpaired) electrons. The summed E-state index contributed by atoms with van der Waals surface area (Å²) in [5.41, 5.74) is 7.81. The van der Waals surface area contributed by atoms with Crippen LogP contribution < -0.4 is 11.1 Å². The lowest BCUT2D eigenvalue weighted by atomic mass is 10.1. The molecule has 1 aromatic carbocycles. The molecule has 0 fully saturated rings. The Morgan fingerprint density at radius 1 is 1.40 bits per heavy atom. The van der Waals surface area contributed by atoms with Gasteiger partial charge in [0, 0.05) is 23.5 Å². The Kier molecular flexibility index (Phi) is 3.04. The first-order valence-corrected chi connectivity index (χ1v) is 5.26. The topological polar surface area (TPSA) is 51.2 Å². The molecular weight excluding hydrogens is 188 g/mol. The second kappa shape index (κ2) is 4.47. The van der Waals surface area contributed by atoms with Crippen LogP contribution in [0.5, 0.6) is 0 Å². The van der Waals surface area contributed by atoms with Crippen molar-refractivity contribution in [1.29, 1.82) is 0 Å². The Bertz CT molecular complexity index is 436. The summed E-state index contributed by atoms with van der Waals surface area (Å²) in [5.74, 6) is 0. The Morgan fingerprint density at radius 2 is 2.20 bits per heavy atom.